The molecule has 0 unspecified atom stereocenters. The molecule has 1 fully saturated rings. The quantitative estimate of drug-likeness (QED) is 0.924. The Morgan fingerprint density at radius 2 is 1.95 bits per heavy atom. The lowest BCUT2D eigenvalue weighted by Crippen LogP contribution is -2.47. The molecule has 0 aromatic carbocycles. The maximum atomic E-state index is 11.9. The van der Waals surface area contributed by atoms with Crippen LogP contribution in [0.2, 0.25) is 0 Å². The van der Waals surface area contributed by atoms with Crippen LogP contribution >= 0.6 is 11.3 Å². The molecule has 0 spiro atoms. The fourth-order valence-corrected chi connectivity index (χ4v) is 3.27. The van der Waals surface area contributed by atoms with Gasteiger partial charge in [-0.3, -0.25) is 0 Å². The van der Waals surface area contributed by atoms with Crippen LogP contribution < -0.4 is 5.32 Å². The highest BCUT2D eigenvalue weighted by Gasteiger charge is 2.24. The summed E-state index contributed by atoms with van der Waals surface area (Å²) in [6.07, 6.45) is 1.98. The van der Waals surface area contributed by atoms with Crippen LogP contribution in [0, 0.1) is 0 Å². The fourth-order valence-electron chi connectivity index (χ4n) is 2.42. The molecule has 0 aliphatic carbocycles. The van der Waals surface area contributed by atoms with E-state index in [0.29, 0.717) is 6.04 Å². The standard InChI is InChI=1S/C15H27N5OS/c1-15(2,3)13-18-17-12(22-13)10-16-11-6-8-20(9-7-11)14(21)19(4)5/h11,16H,6-10H2,1-5H3. The van der Waals surface area contributed by atoms with E-state index in [0.717, 1.165) is 42.5 Å². The van der Waals surface area contributed by atoms with Gasteiger partial charge in [-0.25, -0.2) is 4.79 Å². The van der Waals surface area contributed by atoms with E-state index < -0.39 is 0 Å². The van der Waals surface area contributed by atoms with Gasteiger partial charge in [0.25, 0.3) is 0 Å². The number of aromatic nitrogens is 2. The Labute approximate surface area is 136 Å². The fraction of sp³-hybridized carbons (Fsp3) is 0.800. The molecular formula is C15H27N5OS. The zero-order valence-corrected chi connectivity index (χ0v) is 15.0. The maximum Gasteiger partial charge on any atom is 0.319 e. The lowest BCUT2D eigenvalue weighted by molar-refractivity contribution is 0.152. The van der Waals surface area contributed by atoms with Crippen LogP contribution in [0.5, 0.6) is 0 Å². The number of nitrogens with zero attached hydrogens (tertiary/aromatic N) is 4. The van der Waals surface area contributed by atoms with Crippen LogP contribution in [0.25, 0.3) is 0 Å². The maximum absolute atomic E-state index is 11.9. The Balaban J connectivity index is 1.77. The second-order valence-corrected chi connectivity index (χ2v) is 8.13. The summed E-state index contributed by atoms with van der Waals surface area (Å²) < 4.78 is 0. The summed E-state index contributed by atoms with van der Waals surface area (Å²) in [5.41, 5.74) is 0.0633. The highest BCUT2D eigenvalue weighted by atomic mass is 32.1. The molecule has 1 saturated heterocycles. The molecule has 7 heteroatoms. The van der Waals surface area contributed by atoms with E-state index in [2.05, 4.69) is 36.3 Å². The smallest absolute Gasteiger partial charge is 0.319 e. The van der Waals surface area contributed by atoms with E-state index in [9.17, 15) is 4.79 Å². The first kappa shape index (κ1) is 17.1. The van der Waals surface area contributed by atoms with E-state index in [1.165, 1.54) is 0 Å². The van der Waals surface area contributed by atoms with Crippen LogP contribution in [0.3, 0.4) is 0 Å². The molecule has 0 atom stereocenters. The molecule has 2 rings (SSSR count). The number of urea groups is 1. The number of amides is 2. The molecule has 0 saturated carbocycles. The van der Waals surface area contributed by atoms with Crippen molar-refractivity contribution >= 4 is 17.4 Å². The van der Waals surface area contributed by atoms with E-state index in [1.54, 1.807) is 30.3 Å². The highest BCUT2D eigenvalue weighted by Crippen LogP contribution is 2.25. The van der Waals surface area contributed by atoms with Crippen molar-refractivity contribution in [2.24, 2.45) is 0 Å². The Kier molecular flexibility index (Phi) is 5.39. The molecule has 1 aromatic rings. The van der Waals surface area contributed by atoms with Gasteiger partial charge in [0.15, 0.2) is 0 Å². The molecule has 6 nitrogen and oxygen atoms in total. The molecule has 1 aromatic heterocycles. The number of nitrogens with one attached hydrogen (secondary N) is 1. The molecule has 22 heavy (non-hydrogen) atoms. The van der Waals surface area contributed by atoms with Gasteiger partial charge in [-0.15, -0.1) is 10.2 Å². The van der Waals surface area contributed by atoms with Gasteiger partial charge in [0.05, 0.1) is 0 Å². The van der Waals surface area contributed by atoms with Crippen LogP contribution in [0.15, 0.2) is 0 Å². The summed E-state index contributed by atoms with van der Waals surface area (Å²) in [7, 11) is 3.60. The summed E-state index contributed by atoms with van der Waals surface area (Å²) in [6, 6.07) is 0.561. The van der Waals surface area contributed by atoms with Crippen molar-refractivity contribution in [1.29, 1.82) is 0 Å². The number of rotatable bonds is 3. The summed E-state index contributed by atoms with van der Waals surface area (Å²) in [6.45, 7) is 8.86. The highest BCUT2D eigenvalue weighted by molar-refractivity contribution is 7.11. The minimum atomic E-state index is 0.0633. The SMILES string of the molecule is CN(C)C(=O)N1CCC(NCc2nnc(C(C)(C)C)s2)CC1. The normalized spacial score (nSPS) is 16.9. The monoisotopic (exact) mass is 325 g/mol. The Hall–Kier alpha value is -1.21. The molecule has 1 aliphatic rings. The molecule has 0 radical (unpaired) electrons. The number of hydrogen-bond acceptors (Lipinski definition) is 5. The number of carbonyl (C=O) groups is 1. The number of likely N-dealkylation sites (tertiary alicyclic amines) is 1. The first-order valence-electron chi connectivity index (χ1n) is 7.80. The van der Waals surface area contributed by atoms with Crippen molar-refractivity contribution in [3.8, 4) is 0 Å². The van der Waals surface area contributed by atoms with Gasteiger partial charge in [-0.1, -0.05) is 32.1 Å². The van der Waals surface area contributed by atoms with Crippen molar-refractivity contribution in [2.45, 2.75) is 51.6 Å². The van der Waals surface area contributed by atoms with Gasteiger partial charge in [0.2, 0.25) is 0 Å². The second kappa shape index (κ2) is 6.91. The first-order chi connectivity index (χ1) is 10.3. The summed E-state index contributed by atoms with van der Waals surface area (Å²) in [5.74, 6) is 0. The summed E-state index contributed by atoms with van der Waals surface area (Å²) in [4.78, 5) is 15.5. The van der Waals surface area contributed by atoms with Gasteiger partial charge in [0, 0.05) is 45.2 Å². The third-order valence-electron chi connectivity index (χ3n) is 3.80. The predicted octanol–water partition coefficient (Wildman–Crippen LogP) is 2.07. The number of piperidine rings is 1. The van der Waals surface area contributed by atoms with Crippen molar-refractivity contribution in [1.82, 2.24) is 25.3 Å². The lowest BCUT2D eigenvalue weighted by Gasteiger charge is -2.33. The van der Waals surface area contributed by atoms with E-state index in [-0.39, 0.29) is 11.4 Å². The molecule has 1 N–H and O–H groups in total. The Bertz CT molecular complexity index is 500. The largest absolute Gasteiger partial charge is 0.331 e. The van der Waals surface area contributed by atoms with Gasteiger partial charge >= 0.3 is 6.03 Å². The topological polar surface area (TPSA) is 61.4 Å². The third-order valence-corrected chi connectivity index (χ3v) is 5.15. The average molecular weight is 325 g/mol. The summed E-state index contributed by atoms with van der Waals surface area (Å²) >= 11 is 1.68. The van der Waals surface area contributed by atoms with Gasteiger partial charge < -0.3 is 15.1 Å². The van der Waals surface area contributed by atoms with Gasteiger partial charge in [-0.05, 0) is 12.8 Å². The molecule has 0 bridgehead atoms. The van der Waals surface area contributed by atoms with Crippen LogP contribution in [-0.4, -0.2) is 59.3 Å². The molecule has 124 valence electrons. The zero-order chi connectivity index (χ0) is 16.3. The van der Waals surface area contributed by atoms with E-state index in [1.807, 2.05) is 4.90 Å². The zero-order valence-electron chi connectivity index (χ0n) is 14.2. The van der Waals surface area contributed by atoms with Crippen LogP contribution in [-0.2, 0) is 12.0 Å². The van der Waals surface area contributed by atoms with Crippen LogP contribution in [0.4, 0.5) is 4.79 Å². The third kappa shape index (κ3) is 4.39. The average Bonchev–Trinajstić information content (AvgIpc) is 2.94. The second-order valence-electron chi connectivity index (χ2n) is 7.07. The first-order valence-corrected chi connectivity index (χ1v) is 8.61. The Morgan fingerprint density at radius 1 is 1.32 bits per heavy atom. The van der Waals surface area contributed by atoms with Gasteiger partial charge in [-0.2, -0.15) is 0 Å². The molecule has 1 aliphatic heterocycles. The number of hydrogen-bond donors (Lipinski definition) is 1. The van der Waals surface area contributed by atoms with E-state index in [4.69, 9.17) is 0 Å². The van der Waals surface area contributed by atoms with Crippen LogP contribution in [0.1, 0.15) is 43.6 Å². The minimum absolute atomic E-state index is 0.0633. The Morgan fingerprint density at radius 3 is 2.45 bits per heavy atom. The summed E-state index contributed by atoms with van der Waals surface area (Å²) in [5, 5.41) is 14.2. The lowest BCUT2D eigenvalue weighted by atomic mass is 9.98. The van der Waals surface area contributed by atoms with E-state index >= 15 is 0 Å². The van der Waals surface area contributed by atoms with Crippen molar-refractivity contribution in [3.63, 3.8) is 0 Å². The minimum Gasteiger partial charge on any atom is -0.331 e. The van der Waals surface area contributed by atoms with Crippen molar-refractivity contribution in [3.05, 3.63) is 10.0 Å². The molecular weight excluding hydrogens is 298 g/mol. The predicted molar refractivity (Wildman–Crippen MR) is 89.1 cm³/mol. The van der Waals surface area contributed by atoms with Crippen molar-refractivity contribution < 1.29 is 4.79 Å². The molecule has 2 amide bonds. The van der Waals surface area contributed by atoms with Gasteiger partial charge in [0.1, 0.15) is 10.0 Å². The molecule has 2 heterocycles. The van der Waals surface area contributed by atoms with Crippen molar-refractivity contribution in [2.75, 3.05) is 27.2 Å². The number of carbonyl (C=O) groups excluding carboxylic acids is 1.